The largest absolute Gasteiger partial charge is 0.489 e. The van der Waals surface area contributed by atoms with Crippen molar-refractivity contribution in [1.29, 1.82) is 0 Å². The van der Waals surface area contributed by atoms with Crippen LogP contribution in [0.2, 0.25) is 0 Å². The molecule has 0 aliphatic rings. The Morgan fingerprint density at radius 2 is 1.32 bits per heavy atom. The molecule has 0 bridgehead atoms. The molecule has 2 N–H and O–H groups in total. The topological polar surface area (TPSA) is 44.5 Å². The molecule has 0 aliphatic carbocycles. The van der Waals surface area contributed by atoms with E-state index < -0.39 is 0 Å². The molecule has 100 valence electrons. The monoisotopic (exact) mass is 257 g/mol. The Labute approximate surface area is 114 Å². The predicted molar refractivity (Wildman–Crippen MR) is 76.7 cm³/mol. The number of hydrogen-bond donors (Lipinski definition) is 1. The lowest BCUT2D eigenvalue weighted by atomic mass is 10.2. The molecular formula is C16H19NO2. The van der Waals surface area contributed by atoms with E-state index >= 15 is 0 Å². The van der Waals surface area contributed by atoms with Crippen molar-refractivity contribution in [1.82, 2.24) is 0 Å². The summed E-state index contributed by atoms with van der Waals surface area (Å²) in [7, 11) is 0. The Kier molecular flexibility index (Phi) is 4.42. The van der Waals surface area contributed by atoms with Crippen LogP contribution in [0.3, 0.4) is 0 Å². The summed E-state index contributed by atoms with van der Waals surface area (Å²) >= 11 is 0. The lowest BCUT2D eigenvalue weighted by molar-refractivity contribution is 0.196. The molecule has 0 aliphatic heterocycles. The molecule has 2 rings (SSSR count). The fraction of sp³-hybridized carbons (Fsp3) is 0.250. The fourth-order valence-corrected chi connectivity index (χ4v) is 1.53. The molecule has 3 nitrogen and oxygen atoms in total. The van der Waals surface area contributed by atoms with E-state index in [4.69, 9.17) is 15.2 Å². The highest BCUT2D eigenvalue weighted by atomic mass is 16.5. The van der Waals surface area contributed by atoms with Crippen molar-refractivity contribution < 1.29 is 9.47 Å². The van der Waals surface area contributed by atoms with Gasteiger partial charge in [-0.05, 0) is 50.2 Å². The molecule has 1 unspecified atom stereocenters. The number of nitrogens with two attached hydrogens (primary N) is 1. The summed E-state index contributed by atoms with van der Waals surface area (Å²) in [5, 5.41) is 0. The minimum Gasteiger partial charge on any atom is -0.489 e. The SMILES string of the molecule is CC(Oc1ccc(Oc2ccccc2)cc1)[C@@H](C)N. The van der Waals surface area contributed by atoms with Crippen molar-refractivity contribution in [2.45, 2.75) is 26.0 Å². The van der Waals surface area contributed by atoms with Crippen LogP contribution in [0.15, 0.2) is 54.6 Å². The molecular weight excluding hydrogens is 238 g/mol. The summed E-state index contributed by atoms with van der Waals surface area (Å²) in [5.41, 5.74) is 5.77. The number of hydrogen-bond acceptors (Lipinski definition) is 3. The zero-order chi connectivity index (χ0) is 13.7. The Morgan fingerprint density at radius 1 is 0.789 bits per heavy atom. The number of ether oxygens (including phenoxy) is 2. The van der Waals surface area contributed by atoms with Crippen LogP contribution in [-0.2, 0) is 0 Å². The molecule has 0 amide bonds. The van der Waals surface area contributed by atoms with Gasteiger partial charge in [-0.25, -0.2) is 0 Å². The molecule has 0 aromatic heterocycles. The third-order valence-corrected chi connectivity index (χ3v) is 2.87. The van der Waals surface area contributed by atoms with E-state index in [0.29, 0.717) is 0 Å². The van der Waals surface area contributed by atoms with Crippen molar-refractivity contribution in [2.24, 2.45) is 5.73 Å². The Bertz CT molecular complexity index is 494. The van der Waals surface area contributed by atoms with Crippen LogP contribution < -0.4 is 15.2 Å². The highest BCUT2D eigenvalue weighted by Crippen LogP contribution is 2.24. The molecule has 0 spiro atoms. The van der Waals surface area contributed by atoms with Crippen molar-refractivity contribution in [3.8, 4) is 17.2 Å². The zero-order valence-corrected chi connectivity index (χ0v) is 11.2. The van der Waals surface area contributed by atoms with Gasteiger partial charge in [0, 0.05) is 6.04 Å². The molecule has 2 atom stereocenters. The quantitative estimate of drug-likeness (QED) is 0.890. The standard InChI is InChI=1S/C16H19NO2/c1-12(17)13(2)18-15-8-10-16(11-9-15)19-14-6-4-3-5-7-14/h3-13H,17H2,1-2H3/t12-,13?/m1/s1. The molecule has 19 heavy (non-hydrogen) atoms. The first kappa shape index (κ1) is 13.4. The van der Waals surface area contributed by atoms with Crippen LogP contribution in [0.4, 0.5) is 0 Å². The Hall–Kier alpha value is -2.00. The summed E-state index contributed by atoms with van der Waals surface area (Å²) in [6, 6.07) is 17.2. The first-order valence-corrected chi connectivity index (χ1v) is 6.40. The van der Waals surface area contributed by atoms with Crippen molar-refractivity contribution in [2.75, 3.05) is 0 Å². The first-order valence-electron chi connectivity index (χ1n) is 6.40. The van der Waals surface area contributed by atoms with Gasteiger partial charge in [-0.3, -0.25) is 0 Å². The summed E-state index contributed by atoms with van der Waals surface area (Å²) in [6.45, 7) is 3.89. The maximum atomic E-state index is 5.77. The lowest BCUT2D eigenvalue weighted by Gasteiger charge is -2.18. The third-order valence-electron chi connectivity index (χ3n) is 2.87. The van der Waals surface area contributed by atoms with Gasteiger partial charge in [-0.2, -0.15) is 0 Å². The van der Waals surface area contributed by atoms with Crippen LogP contribution in [0, 0.1) is 0 Å². The Balaban J connectivity index is 1.99. The maximum Gasteiger partial charge on any atom is 0.127 e. The van der Waals surface area contributed by atoms with Crippen LogP contribution in [0.25, 0.3) is 0 Å². The summed E-state index contributed by atoms with van der Waals surface area (Å²) in [6.07, 6.45) is -0.0131. The molecule has 0 saturated heterocycles. The van der Waals surface area contributed by atoms with E-state index in [0.717, 1.165) is 17.2 Å². The molecule has 0 radical (unpaired) electrons. The fourth-order valence-electron chi connectivity index (χ4n) is 1.53. The predicted octanol–water partition coefficient (Wildman–Crippen LogP) is 3.59. The van der Waals surface area contributed by atoms with E-state index in [2.05, 4.69) is 0 Å². The third kappa shape index (κ3) is 4.00. The van der Waals surface area contributed by atoms with Crippen LogP contribution >= 0.6 is 0 Å². The highest BCUT2D eigenvalue weighted by molar-refractivity contribution is 5.35. The van der Waals surface area contributed by atoms with Gasteiger partial charge in [0.25, 0.3) is 0 Å². The van der Waals surface area contributed by atoms with E-state index in [9.17, 15) is 0 Å². The number of rotatable bonds is 5. The van der Waals surface area contributed by atoms with Crippen LogP contribution in [0.1, 0.15) is 13.8 Å². The highest BCUT2D eigenvalue weighted by Gasteiger charge is 2.08. The minimum atomic E-state index is -0.0131. The average Bonchev–Trinajstić information content (AvgIpc) is 2.42. The second kappa shape index (κ2) is 6.25. The maximum absolute atomic E-state index is 5.77. The molecule has 0 fully saturated rings. The van der Waals surface area contributed by atoms with Crippen LogP contribution in [0.5, 0.6) is 17.2 Å². The minimum absolute atomic E-state index is 0.000227. The number of para-hydroxylation sites is 1. The van der Waals surface area contributed by atoms with Gasteiger partial charge in [0.1, 0.15) is 23.4 Å². The van der Waals surface area contributed by atoms with Gasteiger partial charge in [0.15, 0.2) is 0 Å². The van der Waals surface area contributed by atoms with Crippen molar-refractivity contribution >= 4 is 0 Å². The van der Waals surface area contributed by atoms with E-state index in [1.165, 1.54) is 0 Å². The van der Waals surface area contributed by atoms with Crippen LogP contribution in [-0.4, -0.2) is 12.1 Å². The molecule has 0 saturated carbocycles. The normalized spacial score (nSPS) is 13.6. The second-order valence-electron chi connectivity index (χ2n) is 4.57. The summed E-state index contributed by atoms with van der Waals surface area (Å²) < 4.78 is 11.4. The van der Waals surface area contributed by atoms with E-state index in [-0.39, 0.29) is 12.1 Å². The van der Waals surface area contributed by atoms with Gasteiger partial charge >= 0.3 is 0 Å². The summed E-state index contributed by atoms with van der Waals surface area (Å²) in [4.78, 5) is 0. The lowest BCUT2D eigenvalue weighted by Crippen LogP contribution is -2.33. The van der Waals surface area contributed by atoms with Gasteiger partial charge in [0.2, 0.25) is 0 Å². The van der Waals surface area contributed by atoms with Gasteiger partial charge in [-0.15, -0.1) is 0 Å². The summed E-state index contributed by atoms with van der Waals surface area (Å²) in [5.74, 6) is 2.40. The first-order chi connectivity index (χ1) is 9.15. The van der Waals surface area contributed by atoms with Crippen molar-refractivity contribution in [3.63, 3.8) is 0 Å². The van der Waals surface area contributed by atoms with E-state index in [1.54, 1.807) is 0 Å². The van der Waals surface area contributed by atoms with Gasteiger partial charge in [0.05, 0.1) is 0 Å². The zero-order valence-electron chi connectivity index (χ0n) is 11.2. The average molecular weight is 257 g/mol. The van der Waals surface area contributed by atoms with E-state index in [1.807, 2.05) is 68.4 Å². The van der Waals surface area contributed by atoms with Crippen molar-refractivity contribution in [3.05, 3.63) is 54.6 Å². The molecule has 0 heterocycles. The van der Waals surface area contributed by atoms with Gasteiger partial charge in [-0.1, -0.05) is 18.2 Å². The Morgan fingerprint density at radius 3 is 1.89 bits per heavy atom. The smallest absolute Gasteiger partial charge is 0.127 e. The molecule has 3 heteroatoms. The second-order valence-corrected chi connectivity index (χ2v) is 4.57. The molecule has 2 aromatic carbocycles. The number of benzene rings is 2. The molecule has 2 aromatic rings. The van der Waals surface area contributed by atoms with Gasteiger partial charge < -0.3 is 15.2 Å².